The molecule has 1 aliphatic carbocycles. The molecule has 1 fully saturated rings. The minimum atomic E-state index is -3.82. The van der Waals surface area contributed by atoms with E-state index in [9.17, 15) is 23.3 Å². The molecule has 1 heterocycles. The molecule has 3 rings (SSSR count). The van der Waals surface area contributed by atoms with Gasteiger partial charge in [0, 0.05) is 30.7 Å². The molecule has 0 amide bonds. The summed E-state index contributed by atoms with van der Waals surface area (Å²) in [5.74, 6) is 0.392. The minimum Gasteiger partial charge on any atom is -0.268 e. The Bertz CT molecular complexity index is 949. The van der Waals surface area contributed by atoms with Crippen molar-refractivity contribution in [1.29, 1.82) is 0 Å². The van der Waals surface area contributed by atoms with Crippen molar-refractivity contribution in [2.24, 2.45) is 0 Å². The Morgan fingerprint density at radius 2 is 1.88 bits per heavy atom. The third-order valence-corrected chi connectivity index (χ3v) is 5.33. The topological polar surface area (TPSA) is 124 Å². The maximum Gasteiger partial charge on any atom is 0.269 e. The second-order valence-corrected chi connectivity index (χ2v) is 7.51. The van der Waals surface area contributed by atoms with Crippen molar-refractivity contribution < 1.29 is 13.3 Å². The molecule has 132 valence electrons. The van der Waals surface area contributed by atoms with Crippen LogP contribution in [0.5, 0.6) is 0 Å². The molecule has 9 nitrogen and oxygen atoms in total. The third-order valence-electron chi connectivity index (χ3n) is 3.86. The minimum absolute atomic E-state index is 0.0135. The zero-order valence-corrected chi connectivity index (χ0v) is 14.0. The van der Waals surface area contributed by atoms with Crippen LogP contribution in [-0.2, 0) is 16.6 Å². The first-order chi connectivity index (χ1) is 11.9. The summed E-state index contributed by atoms with van der Waals surface area (Å²) < 4.78 is 28.0. The summed E-state index contributed by atoms with van der Waals surface area (Å²) in [5, 5.41) is 14.9. The SMILES string of the molecule is O=c1ccc(C2CC2)nn1CCNS(=O)(=O)c1ccc([N+](=O)[O-])cc1. The molecule has 1 aliphatic rings. The van der Waals surface area contributed by atoms with E-state index in [4.69, 9.17) is 0 Å². The molecule has 0 spiro atoms. The van der Waals surface area contributed by atoms with E-state index < -0.39 is 14.9 Å². The highest BCUT2D eigenvalue weighted by atomic mass is 32.2. The molecule has 0 saturated heterocycles. The standard InChI is InChI=1S/C15H16N4O5S/c20-15-8-7-14(11-1-2-11)17-18(15)10-9-16-25(23,24)13-5-3-12(4-6-13)19(21)22/h3-8,11,16H,1-2,9-10H2. The molecule has 25 heavy (non-hydrogen) atoms. The average Bonchev–Trinajstić information content (AvgIpc) is 3.41. The van der Waals surface area contributed by atoms with E-state index in [-0.39, 0.29) is 29.2 Å². The van der Waals surface area contributed by atoms with Gasteiger partial charge in [0.1, 0.15) is 0 Å². The number of benzene rings is 1. The highest BCUT2D eigenvalue weighted by molar-refractivity contribution is 7.89. The molecule has 10 heteroatoms. The Morgan fingerprint density at radius 3 is 2.48 bits per heavy atom. The van der Waals surface area contributed by atoms with Crippen molar-refractivity contribution in [3.63, 3.8) is 0 Å². The van der Waals surface area contributed by atoms with Gasteiger partial charge in [-0.25, -0.2) is 17.8 Å². The highest BCUT2D eigenvalue weighted by Gasteiger charge is 2.25. The van der Waals surface area contributed by atoms with Crippen LogP contribution in [0.15, 0.2) is 46.1 Å². The summed E-state index contributed by atoms with van der Waals surface area (Å²) in [5.41, 5.74) is 0.364. The van der Waals surface area contributed by atoms with Crippen LogP contribution >= 0.6 is 0 Å². The van der Waals surface area contributed by atoms with E-state index >= 15 is 0 Å². The maximum atomic E-state index is 12.2. The maximum absolute atomic E-state index is 12.2. The second-order valence-electron chi connectivity index (χ2n) is 5.74. The van der Waals surface area contributed by atoms with Gasteiger partial charge in [0.25, 0.3) is 11.2 Å². The summed E-state index contributed by atoms with van der Waals surface area (Å²) in [6.07, 6.45) is 2.11. The summed E-state index contributed by atoms with van der Waals surface area (Å²) in [6.45, 7) is 0.0892. The van der Waals surface area contributed by atoms with E-state index in [2.05, 4.69) is 9.82 Å². The van der Waals surface area contributed by atoms with Crippen molar-refractivity contribution in [2.45, 2.75) is 30.2 Å². The van der Waals surface area contributed by atoms with Gasteiger partial charge in [-0.1, -0.05) is 0 Å². The third kappa shape index (κ3) is 4.09. The Kier molecular flexibility index (Phi) is 4.64. The zero-order chi connectivity index (χ0) is 18.0. The summed E-state index contributed by atoms with van der Waals surface area (Å²) in [7, 11) is -3.82. The number of rotatable bonds is 7. The lowest BCUT2D eigenvalue weighted by atomic mass is 10.3. The van der Waals surface area contributed by atoms with E-state index in [1.54, 1.807) is 6.07 Å². The van der Waals surface area contributed by atoms with E-state index in [1.807, 2.05) is 0 Å². The van der Waals surface area contributed by atoms with E-state index in [1.165, 1.54) is 22.9 Å². The lowest BCUT2D eigenvalue weighted by Crippen LogP contribution is -2.32. The summed E-state index contributed by atoms with van der Waals surface area (Å²) >= 11 is 0. The fourth-order valence-electron chi connectivity index (χ4n) is 2.34. The van der Waals surface area contributed by atoms with Gasteiger partial charge in [0.2, 0.25) is 10.0 Å². The van der Waals surface area contributed by atoms with Crippen LogP contribution in [0, 0.1) is 10.1 Å². The molecule has 2 aromatic rings. The predicted octanol–water partition coefficient (Wildman–Crippen LogP) is 1.01. The Hall–Kier alpha value is -2.59. The molecule has 1 aromatic heterocycles. The van der Waals surface area contributed by atoms with Gasteiger partial charge in [-0.3, -0.25) is 14.9 Å². The van der Waals surface area contributed by atoms with Crippen molar-refractivity contribution in [3.05, 3.63) is 62.6 Å². The Morgan fingerprint density at radius 1 is 1.20 bits per heavy atom. The van der Waals surface area contributed by atoms with Crippen LogP contribution in [0.3, 0.4) is 0 Å². The van der Waals surface area contributed by atoms with Crippen molar-refractivity contribution in [1.82, 2.24) is 14.5 Å². The van der Waals surface area contributed by atoms with Crippen LogP contribution in [0.4, 0.5) is 5.69 Å². The number of non-ortho nitro benzene ring substituents is 1. The second kappa shape index (κ2) is 6.73. The number of nitro benzene ring substituents is 1. The van der Waals surface area contributed by atoms with Gasteiger partial charge in [0.05, 0.1) is 22.1 Å². The molecule has 1 aromatic carbocycles. The fourth-order valence-corrected chi connectivity index (χ4v) is 3.36. The van der Waals surface area contributed by atoms with Crippen LogP contribution < -0.4 is 10.3 Å². The molecular formula is C15H16N4O5S. The van der Waals surface area contributed by atoms with Gasteiger partial charge in [0.15, 0.2) is 0 Å². The van der Waals surface area contributed by atoms with Crippen LogP contribution in [0.25, 0.3) is 0 Å². The molecule has 1 N–H and O–H groups in total. The zero-order valence-electron chi connectivity index (χ0n) is 13.2. The van der Waals surface area contributed by atoms with E-state index in [0.717, 1.165) is 30.7 Å². The fraction of sp³-hybridized carbons (Fsp3) is 0.333. The molecule has 0 atom stereocenters. The Balaban J connectivity index is 1.65. The van der Waals surface area contributed by atoms with Crippen LogP contribution in [-0.4, -0.2) is 29.7 Å². The normalized spacial score (nSPS) is 14.4. The van der Waals surface area contributed by atoms with Gasteiger partial charge >= 0.3 is 0 Å². The predicted molar refractivity (Wildman–Crippen MR) is 88.8 cm³/mol. The van der Waals surface area contributed by atoms with Crippen molar-refractivity contribution >= 4 is 15.7 Å². The molecule has 0 aliphatic heterocycles. The molecule has 0 unspecified atom stereocenters. The first-order valence-electron chi connectivity index (χ1n) is 7.69. The first kappa shape index (κ1) is 17.2. The van der Waals surface area contributed by atoms with Crippen molar-refractivity contribution in [2.75, 3.05) is 6.54 Å². The van der Waals surface area contributed by atoms with Gasteiger partial charge in [-0.2, -0.15) is 5.10 Å². The summed E-state index contributed by atoms with van der Waals surface area (Å²) in [4.78, 5) is 21.7. The highest BCUT2D eigenvalue weighted by Crippen LogP contribution is 2.38. The molecule has 1 saturated carbocycles. The number of hydrogen-bond acceptors (Lipinski definition) is 6. The van der Waals surface area contributed by atoms with Gasteiger partial charge in [-0.05, 0) is 31.0 Å². The number of nitrogens with one attached hydrogen (secondary N) is 1. The quantitative estimate of drug-likeness (QED) is 0.577. The molecule has 0 radical (unpaired) electrons. The number of nitrogens with zero attached hydrogens (tertiary/aromatic N) is 3. The number of aromatic nitrogens is 2. The average molecular weight is 364 g/mol. The molecule has 0 bridgehead atoms. The first-order valence-corrected chi connectivity index (χ1v) is 9.17. The van der Waals surface area contributed by atoms with E-state index in [0.29, 0.717) is 5.92 Å². The van der Waals surface area contributed by atoms with Crippen molar-refractivity contribution in [3.8, 4) is 0 Å². The summed E-state index contributed by atoms with van der Waals surface area (Å²) in [6, 6.07) is 7.72. The number of sulfonamides is 1. The van der Waals surface area contributed by atoms with Gasteiger partial charge in [-0.15, -0.1) is 0 Å². The molecular weight excluding hydrogens is 348 g/mol. The Labute approximate surface area is 143 Å². The smallest absolute Gasteiger partial charge is 0.268 e. The monoisotopic (exact) mass is 364 g/mol. The number of nitro groups is 1. The lowest BCUT2D eigenvalue weighted by molar-refractivity contribution is -0.384. The number of hydrogen-bond donors (Lipinski definition) is 1. The van der Waals surface area contributed by atoms with Crippen LogP contribution in [0.2, 0.25) is 0 Å². The van der Waals surface area contributed by atoms with Gasteiger partial charge < -0.3 is 0 Å². The van der Waals surface area contributed by atoms with Crippen LogP contribution in [0.1, 0.15) is 24.5 Å². The lowest BCUT2D eigenvalue weighted by Gasteiger charge is -2.09. The largest absolute Gasteiger partial charge is 0.269 e.